The Morgan fingerprint density at radius 2 is 1.90 bits per heavy atom. The number of thiophene rings is 1. The second-order valence-electron chi connectivity index (χ2n) is 7.74. The Kier molecular flexibility index (Phi) is 8.30. The first-order chi connectivity index (χ1) is 14.4. The molecule has 3 atom stereocenters. The number of carbonyl (C=O) groups excluding carboxylic acids is 1. The molecule has 0 aliphatic carbocycles. The summed E-state index contributed by atoms with van der Waals surface area (Å²) in [6.07, 6.45) is 6.19. The molecule has 5 nitrogen and oxygen atoms in total. The molecular weight excluding hydrogens is 513 g/mol. The summed E-state index contributed by atoms with van der Waals surface area (Å²) in [7, 11) is 0. The number of nitrogens with zero attached hydrogens (tertiary/aromatic N) is 1. The predicted octanol–water partition coefficient (Wildman–Crippen LogP) is 5.60. The number of aryl methyl sites for hydroxylation is 1. The Bertz CT molecular complexity index is 866. The Balaban J connectivity index is 1.56. The number of aliphatic hydroxyl groups excluding tert-OH is 1. The van der Waals surface area contributed by atoms with Crippen LogP contribution in [0.25, 0.3) is 0 Å². The summed E-state index contributed by atoms with van der Waals surface area (Å²) >= 11 is 3.54. The molecule has 0 radical (unpaired) electrons. The van der Waals surface area contributed by atoms with E-state index >= 15 is 0 Å². The van der Waals surface area contributed by atoms with Crippen molar-refractivity contribution in [1.82, 2.24) is 0 Å². The number of carboxylic acid groups (broad SMARTS) is 1. The maximum atomic E-state index is 12.5. The van der Waals surface area contributed by atoms with Crippen molar-refractivity contribution >= 4 is 51.5 Å². The maximum Gasteiger partial charge on any atom is 0.345 e. The van der Waals surface area contributed by atoms with Gasteiger partial charge in [0.25, 0.3) is 0 Å². The van der Waals surface area contributed by atoms with Crippen molar-refractivity contribution in [3.8, 4) is 0 Å². The van der Waals surface area contributed by atoms with Gasteiger partial charge in [-0.05, 0) is 55.5 Å². The number of unbranched alkanes of at least 4 members (excludes halogenated alkanes) is 2. The molecule has 2 aromatic rings. The van der Waals surface area contributed by atoms with Gasteiger partial charge in [0.15, 0.2) is 0 Å². The lowest BCUT2D eigenvalue weighted by Gasteiger charge is -2.45. The zero-order valence-corrected chi connectivity index (χ0v) is 20.1. The minimum atomic E-state index is -0.881. The van der Waals surface area contributed by atoms with E-state index in [0.717, 1.165) is 61.1 Å². The third kappa shape index (κ3) is 5.42. The number of carbonyl (C=O) groups is 2. The van der Waals surface area contributed by atoms with Gasteiger partial charge in [-0.15, -0.1) is 11.3 Å². The highest BCUT2D eigenvalue weighted by atomic mass is 127. The largest absolute Gasteiger partial charge is 0.477 e. The van der Waals surface area contributed by atoms with E-state index in [1.54, 1.807) is 6.07 Å². The SMILES string of the molecule is CCCCCC(O)c1ccc(N2C(=O)C(I)[C@@H]2CCCc2ccc(C(=O)O)s2)cc1. The van der Waals surface area contributed by atoms with Gasteiger partial charge in [-0.25, -0.2) is 4.79 Å². The minimum absolute atomic E-state index is 0.0279. The van der Waals surface area contributed by atoms with Crippen molar-refractivity contribution in [2.75, 3.05) is 4.90 Å². The molecule has 1 aliphatic rings. The number of carboxylic acids is 1. The van der Waals surface area contributed by atoms with E-state index in [1.807, 2.05) is 35.2 Å². The average Bonchev–Trinajstić information content (AvgIpc) is 3.22. The third-order valence-corrected chi connectivity index (χ3v) is 8.07. The van der Waals surface area contributed by atoms with Crippen LogP contribution in [0, 0.1) is 0 Å². The van der Waals surface area contributed by atoms with E-state index in [4.69, 9.17) is 5.11 Å². The van der Waals surface area contributed by atoms with Crippen LogP contribution >= 0.6 is 33.9 Å². The number of amides is 1. The van der Waals surface area contributed by atoms with Gasteiger partial charge >= 0.3 is 5.97 Å². The second-order valence-corrected chi connectivity index (χ2v) is 10.3. The number of β-lactam (4-membered cyclic amide) rings is 1. The highest BCUT2D eigenvalue weighted by Crippen LogP contribution is 2.36. The van der Waals surface area contributed by atoms with Crippen LogP contribution in [-0.4, -0.2) is 32.1 Å². The Morgan fingerprint density at radius 3 is 2.53 bits per heavy atom. The van der Waals surface area contributed by atoms with E-state index in [2.05, 4.69) is 29.5 Å². The minimum Gasteiger partial charge on any atom is -0.477 e. The van der Waals surface area contributed by atoms with Crippen molar-refractivity contribution in [2.45, 2.75) is 67.9 Å². The molecule has 0 bridgehead atoms. The Labute approximate surface area is 195 Å². The molecule has 2 heterocycles. The molecular formula is C23H28INO4S. The normalized spacial score (nSPS) is 19.6. The molecule has 30 heavy (non-hydrogen) atoms. The summed E-state index contributed by atoms with van der Waals surface area (Å²) in [5, 5.41) is 19.4. The van der Waals surface area contributed by atoms with Crippen molar-refractivity contribution in [1.29, 1.82) is 0 Å². The van der Waals surface area contributed by atoms with Gasteiger partial charge in [0.05, 0.1) is 12.1 Å². The molecule has 0 spiro atoms. The number of benzene rings is 1. The zero-order chi connectivity index (χ0) is 21.7. The molecule has 1 fully saturated rings. The van der Waals surface area contributed by atoms with E-state index < -0.39 is 12.1 Å². The summed E-state index contributed by atoms with van der Waals surface area (Å²) < 4.78 is -0.0279. The smallest absolute Gasteiger partial charge is 0.345 e. The van der Waals surface area contributed by atoms with Crippen LogP contribution in [0.1, 0.15) is 71.7 Å². The molecule has 7 heteroatoms. The topological polar surface area (TPSA) is 77.8 Å². The van der Waals surface area contributed by atoms with Gasteiger partial charge < -0.3 is 15.1 Å². The zero-order valence-electron chi connectivity index (χ0n) is 17.1. The summed E-state index contributed by atoms with van der Waals surface area (Å²) in [5.74, 6) is -0.755. The van der Waals surface area contributed by atoms with Crippen LogP contribution in [0.4, 0.5) is 5.69 Å². The summed E-state index contributed by atoms with van der Waals surface area (Å²) in [6.45, 7) is 2.15. The van der Waals surface area contributed by atoms with Crippen molar-refractivity contribution in [3.05, 3.63) is 51.7 Å². The van der Waals surface area contributed by atoms with Gasteiger partial charge in [-0.3, -0.25) is 4.79 Å². The number of hydrogen-bond acceptors (Lipinski definition) is 4. The highest BCUT2D eigenvalue weighted by Gasteiger charge is 2.45. The standard InChI is InChI=1S/C23H28INO4S/c1-2-3-4-8-19(26)15-9-11-16(12-10-15)25-18(21(24)22(25)27)7-5-6-17-13-14-20(30-17)23(28)29/h9-14,18-19,21,26H,2-8H2,1H3,(H,28,29)/t18-,19?,21?/m0/s1. The van der Waals surface area contributed by atoms with Gasteiger partial charge in [-0.2, -0.15) is 0 Å². The first-order valence-electron chi connectivity index (χ1n) is 10.5. The molecule has 1 aromatic heterocycles. The van der Waals surface area contributed by atoms with E-state index in [-0.39, 0.29) is 15.9 Å². The fourth-order valence-electron chi connectivity index (χ4n) is 3.83. The average molecular weight is 541 g/mol. The van der Waals surface area contributed by atoms with Gasteiger partial charge in [0.1, 0.15) is 8.80 Å². The lowest BCUT2D eigenvalue weighted by Crippen LogP contribution is -2.62. The number of rotatable bonds is 11. The molecule has 1 aliphatic heterocycles. The lowest BCUT2D eigenvalue weighted by atomic mass is 9.94. The summed E-state index contributed by atoms with van der Waals surface area (Å²) in [6, 6.07) is 11.4. The number of halogens is 1. The van der Waals surface area contributed by atoms with Gasteiger partial charge in [-0.1, -0.05) is 60.9 Å². The fourth-order valence-corrected chi connectivity index (χ4v) is 5.70. The van der Waals surface area contributed by atoms with E-state index in [0.29, 0.717) is 4.88 Å². The molecule has 2 unspecified atom stereocenters. The van der Waals surface area contributed by atoms with Crippen molar-refractivity contribution in [2.24, 2.45) is 0 Å². The highest BCUT2D eigenvalue weighted by molar-refractivity contribution is 14.1. The molecule has 1 amide bonds. The molecule has 1 saturated heterocycles. The fraction of sp³-hybridized carbons (Fsp3) is 0.478. The second kappa shape index (κ2) is 10.7. The van der Waals surface area contributed by atoms with Gasteiger partial charge in [0, 0.05) is 10.6 Å². The van der Waals surface area contributed by atoms with Crippen LogP contribution in [0.3, 0.4) is 0 Å². The first kappa shape index (κ1) is 23.2. The quantitative estimate of drug-likeness (QED) is 0.168. The number of anilines is 1. The van der Waals surface area contributed by atoms with E-state index in [1.165, 1.54) is 11.3 Å². The third-order valence-electron chi connectivity index (χ3n) is 5.58. The molecule has 0 saturated carbocycles. The maximum absolute atomic E-state index is 12.5. The van der Waals surface area contributed by atoms with Crippen LogP contribution in [0.5, 0.6) is 0 Å². The number of alkyl halides is 1. The van der Waals surface area contributed by atoms with Gasteiger partial charge in [0.2, 0.25) is 5.91 Å². The lowest BCUT2D eigenvalue weighted by molar-refractivity contribution is -0.122. The first-order valence-corrected chi connectivity index (χ1v) is 12.6. The van der Waals surface area contributed by atoms with Crippen LogP contribution in [-0.2, 0) is 11.2 Å². The number of aromatic carboxylic acids is 1. The molecule has 1 aromatic carbocycles. The summed E-state index contributed by atoms with van der Waals surface area (Å²) in [5.41, 5.74) is 1.78. The Hall–Kier alpha value is -1.45. The van der Waals surface area contributed by atoms with Crippen LogP contribution in [0.2, 0.25) is 0 Å². The van der Waals surface area contributed by atoms with Crippen molar-refractivity contribution in [3.63, 3.8) is 0 Å². The van der Waals surface area contributed by atoms with Crippen LogP contribution in [0.15, 0.2) is 36.4 Å². The Morgan fingerprint density at radius 1 is 1.17 bits per heavy atom. The predicted molar refractivity (Wildman–Crippen MR) is 129 cm³/mol. The number of hydrogen-bond donors (Lipinski definition) is 2. The summed E-state index contributed by atoms with van der Waals surface area (Å²) in [4.78, 5) is 26.8. The molecule has 3 rings (SSSR count). The molecule has 2 N–H and O–H groups in total. The van der Waals surface area contributed by atoms with Crippen LogP contribution < -0.4 is 4.90 Å². The molecule has 162 valence electrons. The van der Waals surface area contributed by atoms with E-state index in [9.17, 15) is 14.7 Å². The number of aliphatic hydroxyl groups is 1. The van der Waals surface area contributed by atoms with Crippen molar-refractivity contribution < 1.29 is 19.8 Å². The monoisotopic (exact) mass is 541 g/mol.